The number of carbonyl (C=O) groups excluding carboxylic acids is 1. The number of nitrogens with zero attached hydrogens (tertiary/aromatic N) is 2. The van der Waals surface area contributed by atoms with Crippen LogP contribution in [-0.4, -0.2) is 33.2 Å². The number of carbonyl (C=O) groups is 1. The summed E-state index contributed by atoms with van der Waals surface area (Å²) in [5.41, 5.74) is -1.22. The molecule has 2 heterocycles. The molecule has 0 radical (unpaired) electrons. The third kappa shape index (κ3) is 5.00. The Labute approximate surface area is 161 Å². The monoisotopic (exact) mass is 393 g/mol. The Balaban J connectivity index is 2.26. The third-order valence-corrected chi connectivity index (χ3v) is 5.36. The molecule has 1 aliphatic heterocycles. The number of aliphatic imine (C=N–C) groups is 1. The van der Waals surface area contributed by atoms with E-state index in [0.717, 1.165) is 6.42 Å². The standard InChI is InChI=1S/C18H23N3O5S/c1-5-7-13(14-8-12(25-6-2)9-15(22)26-14)19-17(23)18(4)10-27-16(20-18)11(3)21-24/h6,8-9,13,24H,2,5,7,10H2,1,3-4H3,(H,19,23)/b21-11+/t13-,18+/m1/s1. The quantitative estimate of drug-likeness (QED) is 0.304. The van der Waals surface area contributed by atoms with Gasteiger partial charge in [0.2, 0.25) is 5.91 Å². The molecular formula is C18H23N3O5S. The summed E-state index contributed by atoms with van der Waals surface area (Å²) in [6.07, 6.45) is 2.55. The first-order valence-corrected chi connectivity index (χ1v) is 9.46. The minimum absolute atomic E-state index is 0.296. The smallest absolute Gasteiger partial charge is 0.339 e. The average molecular weight is 393 g/mol. The fourth-order valence-electron chi connectivity index (χ4n) is 2.54. The molecule has 0 aliphatic carbocycles. The number of oxime groups is 1. The Kier molecular flexibility index (Phi) is 6.84. The molecule has 0 bridgehead atoms. The number of nitrogens with one attached hydrogen (secondary N) is 1. The number of amides is 1. The molecule has 1 aromatic heterocycles. The largest absolute Gasteiger partial charge is 0.465 e. The number of hydrogen-bond acceptors (Lipinski definition) is 8. The van der Waals surface area contributed by atoms with Gasteiger partial charge in [-0.3, -0.25) is 9.79 Å². The van der Waals surface area contributed by atoms with E-state index in [1.807, 2.05) is 6.92 Å². The van der Waals surface area contributed by atoms with Crippen molar-refractivity contribution >= 4 is 28.4 Å². The fraction of sp³-hybridized carbons (Fsp3) is 0.444. The fourth-order valence-corrected chi connectivity index (χ4v) is 3.67. The zero-order valence-corrected chi connectivity index (χ0v) is 16.3. The van der Waals surface area contributed by atoms with Crippen molar-refractivity contribution in [3.63, 3.8) is 0 Å². The minimum Gasteiger partial charge on any atom is -0.465 e. The maximum atomic E-state index is 12.9. The predicted octanol–water partition coefficient (Wildman–Crippen LogP) is 2.87. The van der Waals surface area contributed by atoms with Crippen LogP contribution in [0.2, 0.25) is 0 Å². The average Bonchev–Trinajstić information content (AvgIpc) is 3.04. The summed E-state index contributed by atoms with van der Waals surface area (Å²) in [6.45, 7) is 8.76. The van der Waals surface area contributed by atoms with Gasteiger partial charge in [-0.2, -0.15) is 0 Å². The summed E-state index contributed by atoms with van der Waals surface area (Å²) < 4.78 is 10.4. The number of hydrogen-bond donors (Lipinski definition) is 2. The zero-order chi connectivity index (χ0) is 20.0. The molecule has 1 amide bonds. The molecule has 0 saturated heterocycles. The van der Waals surface area contributed by atoms with Crippen LogP contribution >= 0.6 is 11.8 Å². The Morgan fingerprint density at radius 3 is 3.00 bits per heavy atom. The van der Waals surface area contributed by atoms with E-state index < -0.39 is 17.2 Å². The van der Waals surface area contributed by atoms with Gasteiger partial charge in [0.25, 0.3) is 0 Å². The van der Waals surface area contributed by atoms with Gasteiger partial charge in [0.15, 0.2) is 0 Å². The molecule has 27 heavy (non-hydrogen) atoms. The van der Waals surface area contributed by atoms with E-state index in [0.29, 0.717) is 34.4 Å². The van der Waals surface area contributed by atoms with Crippen molar-refractivity contribution in [3.05, 3.63) is 41.2 Å². The van der Waals surface area contributed by atoms with E-state index in [-0.39, 0.29) is 5.91 Å². The van der Waals surface area contributed by atoms with Crippen molar-refractivity contribution in [2.45, 2.75) is 45.2 Å². The highest BCUT2D eigenvalue weighted by Crippen LogP contribution is 2.30. The van der Waals surface area contributed by atoms with Crippen LogP contribution in [0.5, 0.6) is 5.75 Å². The minimum atomic E-state index is -1.01. The van der Waals surface area contributed by atoms with Crippen molar-refractivity contribution in [3.8, 4) is 5.75 Å². The number of ether oxygens (including phenoxy) is 1. The van der Waals surface area contributed by atoms with Gasteiger partial charge in [0.1, 0.15) is 27.8 Å². The topological polar surface area (TPSA) is 113 Å². The first-order valence-electron chi connectivity index (χ1n) is 8.48. The summed E-state index contributed by atoms with van der Waals surface area (Å²) in [4.78, 5) is 29.1. The van der Waals surface area contributed by atoms with Gasteiger partial charge in [0, 0.05) is 11.8 Å². The third-order valence-electron chi connectivity index (χ3n) is 4.00. The molecule has 0 spiro atoms. The summed E-state index contributed by atoms with van der Waals surface area (Å²) in [6, 6.07) is 2.27. The van der Waals surface area contributed by atoms with Crippen molar-refractivity contribution in [1.82, 2.24) is 5.32 Å². The maximum Gasteiger partial charge on any atom is 0.339 e. The second kappa shape index (κ2) is 8.90. The highest BCUT2D eigenvalue weighted by atomic mass is 32.2. The molecule has 2 N–H and O–H groups in total. The molecule has 2 rings (SSSR count). The van der Waals surface area contributed by atoms with E-state index in [2.05, 4.69) is 22.0 Å². The molecular weight excluding hydrogens is 370 g/mol. The van der Waals surface area contributed by atoms with Gasteiger partial charge in [-0.15, -0.1) is 11.8 Å². The van der Waals surface area contributed by atoms with Crippen molar-refractivity contribution in [1.29, 1.82) is 0 Å². The van der Waals surface area contributed by atoms with Crippen molar-refractivity contribution in [2.24, 2.45) is 10.1 Å². The molecule has 1 aliphatic rings. The van der Waals surface area contributed by atoms with E-state index >= 15 is 0 Å². The maximum absolute atomic E-state index is 12.9. The van der Waals surface area contributed by atoms with Crippen LogP contribution < -0.4 is 15.7 Å². The number of thioether (sulfide) groups is 1. The zero-order valence-electron chi connectivity index (χ0n) is 15.5. The van der Waals surface area contributed by atoms with E-state index in [1.54, 1.807) is 19.9 Å². The Hall–Kier alpha value is -2.55. The van der Waals surface area contributed by atoms with E-state index in [1.165, 1.54) is 24.1 Å². The molecule has 9 heteroatoms. The lowest BCUT2D eigenvalue weighted by Crippen LogP contribution is -2.45. The molecule has 1 aromatic rings. The Morgan fingerprint density at radius 1 is 1.63 bits per heavy atom. The Bertz CT molecular complexity index is 833. The lowest BCUT2D eigenvalue weighted by Gasteiger charge is -2.24. The van der Waals surface area contributed by atoms with Gasteiger partial charge in [-0.05, 0) is 20.3 Å². The highest BCUT2D eigenvalue weighted by molar-refractivity contribution is 8.16. The van der Waals surface area contributed by atoms with Crippen LogP contribution in [0.15, 0.2) is 44.3 Å². The van der Waals surface area contributed by atoms with E-state index in [4.69, 9.17) is 14.4 Å². The molecule has 0 aromatic carbocycles. The molecule has 8 nitrogen and oxygen atoms in total. The van der Waals surface area contributed by atoms with Gasteiger partial charge >= 0.3 is 5.63 Å². The lowest BCUT2D eigenvalue weighted by atomic mass is 10.0. The molecule has 0 fully saturated rings. The van der Waals surface area contributed by atoms with Gasteiger partial charge in [-0.1, -0.05) is 25.1 Å². The normalized spacial score (nSPS) is 20.7. The van der Waals surface area contributed by atoms with Gasteiger partial charge in [0.05, 0.1) is 18.4 Å². The summed E-state index contributed by atoms with van der Waals surface area (Å²) in [5, 5.41) is 15.5. The summed E-state index contributed by atoms with van der Waals surface area (Å²) >= 11 is 1.35. The second-order valence-corrected chi connectivity index (χ2v) is 7.24. The highest BCUT2D eigenvalue weighted by Gasteiger charge is 2.40. The second-order valence-electron chi connectivity index (χ2n) is 6.28. The number of rotatable bonds is 8. The predicted molar refractivity (Wildman–Crippen MR) is 105 cm³/mol. The van der Waals surface area contributed by atoms with Crippen LogP contribution in [0.4, 0.5) is 0 Å². The molecule has 0 saturated carbocycles. The lowest BCUT2D eigenvalue weighted by molar-refractivity contribution is -0.125. The first-order chi connectivity index (χ1) is 12.8. The van der Waals surface area contributed by atoms with Gasteiger partial charge in [-0.25, -0.2) is 4.79 Å². The van der Waals surface area contributed by atoms with E-state index in [9.17, 15) is 9.59 Å². The van der Waals surface area contributed by atoms with Crippen molar-refractivity contribution < 1.29 is 19.2 Å². The van der Waals surface area contributed by atoms with Crippen LogP contribution in [-0.2, 0) is 4.79 Å². The van der Waals surface area contributed by atoms with Crippen LogP contribution in [0.25, 0.3) is 0 Å². The Morgan fingerprint density at radius 2 is 2.37 bits per heavy atom. The first kappa shape index (κ1) is 20.8. The molecule has 0 unspecified atom stereocenters. The van der Waals surface area contributed by atoms with Crippen LogP contribution in [0.1, 0.15) is 45.4 Å². The van der Waals surface area contributed by atoms with Crippen molar-refractivity contribution in [2.75, 3.05) is 5.75 Å². The SMILES string of the molecule is C=COc1cc([C@@H](CCC)NC(=O)[C@]2(C)CSC(/C(C)=N/O)=N2)oc(=O)c1. The van der Waals surface area contributed by atoms with Crippen LogP contribution in [0, 0.1) is 0 Å². The van der Waals surface area contributed by atoms with Gasteiger partial charge < -0.3 is 19.7 Å². The summed E-state index contributed by atoms with van der Waals surface area (Å²) in [7, 11) is 0. The molecule has 146 valence electrons. The molecule has 2 atom stereocenters. The van der Waals surface area contributed by atoms with Crippen LogP contribution in [0.3, 0.4) is 0 Å². The summed E-state index contributed by atoms with van der Waals surface area (Å²) in [5.74, 6) is 0.723.